The summed E-state index contributed by atoms with van der Waals surface area (Å²) in [5.41, 5.74) is 1.59. The van der Waals surface area contributed by atoms with Gasteiger partial charge in [-0.15, -0.1) is 0 Å². The standard InChI is InChI=1S/C18H29NO2/c1-2-3-4-5-6-7-8-9-10-11-18(19-21)16-12-14-17(20)15-13-16/h12-15,20-21H,2-11H2,1H3/b19-18-. The van der Waals surface area contributed by atoms with Gasteiger partial charge in [-0.25, -0.2) is 0 Å². The van der Waals surface area contributed by atoms with Crippen LogP contribution in [0.1, 0.15) is 76.7 Å². The Labute approximate surface area is 128 Å². The first-order valence-corrected chi connectivity index (χ1v) is 8.28. The molecule has 0 radical (unpaired) electrons. The van der Waals surface area contributed by atoms with E-state index in [1.807, 2.05) is 0 Å². The minimum absolute atomic E-state index is 0.235. The average molecular weight is 291 g/mol. The lowest BCUT2D eigenvalue weighted by Gasteiger charge is -2.05. The Balaban J connectivity index is 2.12. The van der Waals surface area contributed by atoms with Crippen molar-refractivity contribution in [3.05, 3.63) is 29.8 Å². The molecule has 0 saturated heterocycles. The third-order valence-corrected chi connectivity index (χ3v) is 3.84. The largest absolute Gasteiger partial charge is 0.508 e. The van der Waals surface area contributed by atoms with Crippen LogP contribution in [0.3, 0.4) is 0 Å². The zero-order valence-corrected chi connectivity index (χ0v) is 13.2. The lowest BCUT2D eigenvalue weighted by molar-refractivity contribution is 0.317. The van der Waals surface area contributed by atoms with Crippen LogP contribution in [0, 0.1) is 0 Å². The summed E-state index contributed by atoms with van der Waals surface area (Å²) >= 11 is 0. The van der Waals surface area contributed by atoms with E-state index < -0.39 is 0 Å². The molecule has 0 fully saturated rings. The molecule has 3 nitrogen and oxygen atoms in total. The number of hydrogen-bond acceptors (Lipinski definition) is 3. The molecule has 0 aromatic heterocycles. The molecule has 1 aromatic rings. The molecule has 1 aromatic carbocycles. The van der Waals surface area contributed by atoms with Crippen molar-refractivity contribution < 1.29 is 10.3 Å². The van der Waals surface area contributed by atoms with Crippen LogP contribution < -0.4 is 0 Å². The zero-order chi connectivity index (χ0) is 15.3. The minimum Gasteiger partial charge on any atom is -0.508 e. The Bertz CT molecular complexity index is 398. The van der Waals surface area contributed by atoms with E-state index in [1.54, 1.807) is 24.3 Å². The second kappa shape index (κ2) is 11.2. The van der Waals surface area contributed by atoms with Gasteiger partial charge in [0, 0.05) is 0 Å². The molecule has 21 heavy (non-hydrogen) atoms. The highest BCUT2D eigenvalue weighted by atomic mass is 16.4. The van der Waals surface area contributed by atoms with E-state index in [9.17, 15) is 5.11 Å². The van der Waals surface area contributed by atoms with Gasteiger partial charge >= 0.3 is 0 Å². The maximum absolute atomic E-state index is 9.26. The minimum atomic E-state index is 0.235. The second-order valence-corrected chi connectivity index (χ2v) is 5.67. The van der Waals surface area contributed by atoms with Gasteiger partial charge in [-0.3, -0.25) is 0 Å². The summed E-state index contributed by atoms with van der Waals surface area (Å²) in [6, 6.07) is 6.82. The molecule has 0 amide bonds. The van der Waals surface area contributed by atoms with Gasteiger partial charge in [-0.05, 0) is 42.7 Å². The Kier molecular flexibility index (Phi) is 9.34. The first-order valence-electron chi connectivity index (χ1n) is 8.28. The van der Waals surface area contributed by atoms with Gasteiger partial charge in [0.2, 0.25) is 0 Å². The monoisotopic (exact) mass is 291 g/mol. The highest BCUT2D eigenvalue weighted by Gasteiger charge is 2.04. The predicted octanol–water partition coefficient (Wildman–Crippen LogP) is 5.49. The van der Waals surface area contributed by atoms with Crippen LogP contribution in [-0.4, -0.2) is 16.0 Å². The SMILES string of the molecule is CCCCCCCCCCC/C(=N/O)c1ccc(O)cc1. The van der Waals surface area contributed by atoms with Crippen LogP contribution in [0.4, 0.5) is 0 Å². The molecule has 2 N–H and O–H groups in total. The molecule has 0 spiro atoms. The van der Waals surface area contributed by atoms with E-state index in [0.29, 0.717) is 5.71 Å². The molecule has 0 aliphatic rings. The van der Waals surface area contributed by atoms with E-state index >= 15 is 0 Å². The van der Waals surface area contributed by atoms with E-state index in [1.165, 1.54) is 51.4 Å². The third kappa shape index (κ3) is 7.74. The second-order valence-electron chi connectivity index (χ2n) is 5.67. The van der Waals surface area contributed by atoms with E-state index in [4.69, 9.17) is 5.21 Å². The fraction of sp³-hybridized carbons (Fsp3) is 0.611. The van der Waals surface area contributed by atoms with Crippen LogP contribution in [0.2, 0.25) is 0 Å². The number of phenolic OH excluding ortho intramolecular Hbond substituents is 1. The Morgan fingerprint density at radius 1 is 0.857 bits per heavy atom. The smallest absolute Gasteiger partial charge is 0.115 e. The van der Waals surface area contributed by atoms with Crippen molar-refractivity contribution in [3.8, 4) is 5.75 Å². The maximum Gasteiger partial charge on any atom is 0.115 e. The Morgan fingerprint density at radius 2 is 1.38 bits per heavy atom. The number of oxime groups is 1. The predicted molar refractivity (Wildman–Crippen MR) is 88.3 cm³/mol. The summed E-state index contributed by atoms with van der Waals surface area (Å²) in [5, 5.41) is 21.7. The number of aromatic hydroxyl groups is 1. The molecule has 0 aliphatic heterocycles. The van der Waals surface area contributed by atoms with Gasteiger partial charge in [0.05, 0.1) is 5.71 Å². The molecule has 0 atom stereocenters. The molecular weight excluding hydrogens is 262 g/mol. The van der Waals surface area contributed by atoms with Crippen LogP contribution in [0.25, 0.3) is 0 Å². The lowest BCUT2D eigenvalue weighted by atomic mass is 10.0. The highest BCUT2D eigenvalue weighted by molar-refractivity contribution is 6.00. The van der Waals surface area contributed by atoms with E-state index in [0.717, 1.165) is 18.4 Å². The van der Waals surface area contributed by atoms with Gasteiger partial charge in [-0.2, -0.15) is 0 Å². The third-order valence-electron chi connectivity index (χ3n) is 3.84. The van der Waals surface area contributed by atoms with Crippen molar-refractivity contribution in [3.63, 3.8) is 0 Å². The van der Waals surface area contributed by atoms with Crippen LogP contribution >= 0.6 is 0 Å². The fourth-order valence-corrected chi connectivity index (χ4v) is 2.51. The van der Waals surface area contributed by atoms with Gasteiger partial charge < -0.3 is 10.3 Å². The topological polar surface area (TPSA) is 52.8 Å². The zero-order valence-electron chi connectivity index (χ0n) is 13.2. The number of unbranched alkanes of at least 4 members (excludes halogenated alkanes) is 8. The first kappa shape index (κ1) is 17.5. The van der Waals surface area contributed by atoms with Crippen molar-refractivity contribution in [1.82, 2.24) is 0 Å². The fourth-order valence-electron chi connectivity index (χ4n) is 2.51. The first-order chi connectivity index (χ1) is 10.3. The van der Waals surface area contributed by atoms with Crippen molar-refractivity contribution in [1.29, 1.82) is 0 Å². The van der Waals surface area contributed by atoms with Crippen molar-refractivity contribution in [2.24, 2.45) is 5.16 Å². The summed E-state index contributed by atoms with van der Waals surface area (Å²) in [6.07, 6.45) is 12.4. The molecule has 3 heteroatoms. The van der Waals surface area contributed by atoms with Crippen LogP contribution in [0.15, 0.2) is 29.4 Å². The Morgan fingerprint density at radius 3 is 1.90 bits per heavy atom. The van der Waals surface area contributed by atoms with Gasteiger partial charge in [0.15, 0.2) is 0 Å². The van der Waals surface area contributed by atoms with Crippen molar-refractivity contribution in [2.45, 2.75) is 71.1 Å². The van der Waals surface area contributed by atoms with Gasteiger partial charge in [-0.1, -0.05) is 63.4 Å². The number of rotatable bonds is 11. The number of benzene rings is 1. The molecule has 0 aliphatic carbocycles. The lowest BCUT2D eigenvalue weighted by Crippen LogP contribution is -2.00. The summed E-state index contributed by atoms with van der Waals surface area (Å²) in [4.78, 5) is 0. The summed E-state index contributed by atoms with van der Waals surface area (Å²) in [5.74, 6) is 0.235. The number of nitrogens with zero attached hydrogens (tertiary/aromatic N) is 1. The summed E-state index contributed by atoms with van der Waals surface area (Å²) in [6.45, 7) is 2.24. The van der Waals surface area contributed by atoms with Crippen molar-refractivity contribution >= 4 is 5.71 Å². The summed E-state index contributed by atoms with van der Waals surface area (Å²) in [7, 11) is 0. The molecule has 118 valence electrons. The van der Waals surface area contributed by atoms with E-state index in [2.05, 4.69) is 12.1 Å². The van der Waals surface area contributed by atoms with Crippen LogP contribution in [0.5, 0.6) is 5.75 Å². The molecule has 0 heterocycles. The maximum atomic E-state index is 9.26. The van der Waals surface area contributed by atoms with E-state index in [-0.39, 0.29) is 5.75 Å². The normalized spacial score (nSPS) is 11.8. The van der Waals surface area contributed by atoms with Gasteiger partial charge in [0.25, 0.3) is 0 Å². The van der Waals surface area contributed by atoms with Gasteiger partial charge in [0.1, 0.15) is 5.75 Å². The molecule has 0 saturated carbocycles. The number of phenols is 1. The molecule has 1 rings (SSSR count). The molecule has 0 bridgehead atoms. The van der Waals surface area contributed by atoms with Crippen LogP contribution in [-0.2, 0) is 0 Å². The average Bonchev–Trinajstić information content (AvgIpc) is 2.51. The van der Waals surface area contributed by atoms with Crippen molar-refractivity contribution in [2.75, 3.05) is 0 Å². The highest BCUT2D eigenvalue weighted by Crippen LogP contribution is 2.15. The Hall–Kier alpha value is -1.51. The molecular formula is C18H29NO2. The quantitative estimate of drug-likeness (QED) is 0.245. The molecule has 0 unspecified atom stereocenters. The number of hydrogen-bond donors (Lipinski definition) is 2. The summed E-state index contributed by atoms with van der Waals surface area (Å²) < 4.78 is 0.